The SMILES string of the molecule is CC1(CS(=O)(=O)N2CCC(O)(c3ccc(Cl)cc3)CC2)NC(=O)NC1=O. The molecule has 1 aromatic carbocycles. The molecule has 1 atom stereocenters. The zero-order valence-corrected chi connectivity index (χ0v) is 15.7. The molecule has 142 valence electrons. The number of sulfonamides is 1. The molecular formula is C16H20ClN3O5S. The molecule has 1 aromatic rings. The number of amides is 3. The van der Waals surface area contributed by atoms with Crippen molar-refractivity contribution in [2.24, 2.45) is 0 Å². The number of hydrogen-bond donors (Lipinski definition) is 3. The summed E-state index contributed by atoms with van der Waals surface area (Å²) in [7, 11) is -3.80. The number of benzene rings is 1. The zero-order valence-electron chi connectivity index (χ0n) is 14.2. The van der Waals surface area contributed by atoms with E-state index in [1.807, 2.05) is 5.32 Å². The monoisotopic (exact) mass is 401 g/mol. The van der Waals surface area contributed by atoms with Crippen molar-refractivity contribution in [2.45, 2.75) is 30.9 Å². The van der Waals surface area contributed by atoms with Gasteiger partial charge in [-0.1, -0.05) is 23.7 Å². The van der Waals surface area contributed by atoms with Gasteiger partial charge in [0.1, 0.15) is 5.54 Å². The molecule has 0 radical (unpaired) electrons. The summed E-state index contributed by atoms with van der Waals surface area (Å²) in [5.41, 5.74) is -1.94. The Labute approximate surface area is 156 Å². The first-order chi connectivity index (χ1) is 12.0. The minimum absolute atomic E-state index is 0.118. The van der Waals surface area contributed by atoms with Crippen LogP contribution >= 0.6 is 11.6 Å². The van der Waals surface area contributed by atoms with Crippen molar-refractivity contribution >= 4 is 33.6 Å². The average molecular weight is 402 g/mol. The number of nitrogens with one attached hydrogen (secondary N) is 2. The second-order valence-corrected chi connectivity index (χ2v) is 9.34. The molecule has 2 saturated heterocycles. The predicted molar refractivity (Wildman–Crippen MR) is 95.0 cm³/mol. The Morgan fingerprint density at radius 1 is 1.19 bits per heavy atom. The third-order valence-corrected chi connectivity index (χ3v) is 7.26. The molecule has 8 nitrogen and oxygen atoms in total. The van der Waals surface area contributed by atoms with E-state index in [9.17, 15) is 23.1 Å². The highest BCUT2D eigenvalue weighted by atomic mass is 35.5. The van der Waals surface area contributed by atoms with Gasteiger partial charge in [-0.2, -0.15) is 0 Å². The minimum atomic E-state index is -3.80. The lowest BCUT2D eigenvalue weighted by molar-refractivity contribution is -0.122. The Morgan fingerprint density at radius 2 is 1.77 bits per heavy atom. The fourth-order valence-corrected chi connectivity index (χ4v) is 5.30. The highest BCUT2D eigenvalue weighted by Gasteiger charge is 2.47. The highest BCUT2D eigenvalue weighted by molar-refractivity contribution is 7.89. The number of aliphatic hydroxyl groups is 1. The molecule has 2 aliphatic rings. The van der Waals surface area contributed by atoms with Crippen LogP contribution in [0, 0.1) is 0 Å². The van der Waals surface area contributed by atoms with Crippen molar-refractivity contribution in [3.8, 4) is 0 Å². The van der Waals surface area contributed by atoms with Gasteiger partial charge in [0.25, 0.3) is 5.91 Å². The van der Waals surface area contributed by atoms with Gasteiger partial charge in [0.05, 0.1) is 11.4 Å². The van der Waals surface area contributed by atoms with Crippen LogP contribution in [-0.2, 0) is 20.4 Å². The molecule has 3 rings (SSSR count). The summed E-state index contributed by atoms with van der Waals surface area (Å²) in [5, 5.41) is 15.8. The first-order valence-corrected chi connectivity index (χ1v) is 10.1. The Balaban J connectivity index is 1.70. The minimum Gasteiger partial charge on any atom is -0.385 e. The van der Waals surface area contributed by atoms with Gasteiger partial charge in [-0.15, -0.1) is 0 Å². The summed E-state index contributed by atoms with van der Waals surface area (Å²) in [6, 6.07) is 6.11. The Hall–Kier alpha value is -1.68. The van der Waals surface area contributed by atoms with Crippen molar-refractivity contribution in [1.29, 1.82) is 0 Å². The Kier molecular flexibility index (Phi) is 4.76. The van der Waals surface area contributed by atoms with Crippen LogP contribution in [0.15, 0.2) is 24.3 Å². The number of piperidine rings is 1. The fourth-order valence-electron chi connectivity index (χ4n) is 3.32. The van der Waals surface area contributed by atoms with Gasteiger partial charge < -0.3 is 10.4 Å². The van der Waals surface area contributed by atoms with Crippen LogP contribution in [0.25, 0.3) is 0 Å². The second kappa shape index (κ2) is 6.49. The van der Waals surface area contributed by atoms with E-state index in [1.54, 1.807) is 24.3 Å². The van der Waals surface area contributed by atoms with Crippen LogP contribution in [-0.4, -0.2) is 54.1 Å². The molecule has 3 N–H and O–H groups in total. The number of imide groups is 1. The Bertz CT molecular complexity index is 834. The van der Waals surface area contributed by atoms with E-state index >= 15 is 0 Å². The van der Waals surface area contributed by atoms with Crippen LogP contribution in [0.4, 0.5) is 4.79 Å². The third-order valence-electron chi connectivity index (χ3n) is 4.91. The van der Waals surface area contributed by atoms with E-state index in [1.165, 1.54) is 11.2 Å². The zero-order chi connectivity index (χ0) is 19.2. The first kappa shape index (κ1) is 19.1. The fraction of sp³-hybridized carbons (Fsp3) is 0.500. The molecule has 0 spiro atoms. The number of urea groups is 1. The number of nitrogens with zero attached hydrogens (tertiary/aromatic N) is 1. The Morgan fingerprint density at radius 3 is 2.27 bits per heavy atom. The van der Waals surface area contributed by atoms with Crippen molar-refractivity contribution in [3.05, 3.63) is 34.9 Å². The lowest BCUT2D eigenvalue weighted by Crippen LogP contribution is -2.54. The third kappa shape index (κ3) is 3.57. The van der Waals surface area contributed by atoms with Crippen molar-refractivity contribution in [3.63, 3.8) is 0 Å². The van der Waals surface area contributed by atoms with E-state index in [0.717, 1.165) is 0 Å². The van der Waals surface area contributed by atoms with Gasteiger partial charge in [0.15, 0.2) is 0 Å². The molecule has 1 unspecified atom stereocenters. The van der Waals surface area contributed by atoms with Crippen molar-refractivity contribution < 1.29 is 23.1 Å². The number of carbonyl (C=O) groups excluding carboxylic acids is 2. The number of rotatable bonds is 4. The molecule has 0 aliphatic carbocycles. The van der Waals surface area contributed by atoms with Crippen LogP contribution < -0.4 is 10.6 Å². The van der Waals surface area contributed by atoms with Gasteiger partial charge in [-0.25, -0.2) is 17.5 Å². The highest BCUT2D eigenvalue weighted by Crippen LogP contribution is 2.34. The van der Waals surface area contributed by atoms with Crippen molar-refractivity contribution in [2.75, 3.05) is 18.8 Å². The molecule has 10 heteroatoms. The predicted octanol–water partition coefficient (Wildman–Crippen LogP) is 0.551. The van der Waals surface area contributed by atoms with Gasteiger partial charge in [-0.3, -0.25) is 10.1 Å². The van der Waals surface area contributed by atoms with Crippen LogP contribution in [0.2, 0.25) is 5.02 Å². The number of carbonyl (C=O) groups is 2. The quantitative estimate of drug-likeness (QED) is 0.637. The number of halogens is 1. The molecule has 2 fully saturated rings. The van der Waals surface area contributed by atoms with E-state index in [2.05, 4.69) is 5.32 Å². The van der Waals surface area contributed by atoms with Gasteiger partial charge in [-0.05, 0) is 37.5 Å². The molecule has 0 saturated carbocycles. The maximum Gasteiger partial charge on any atom is 0.322 e. The second-order valence-electron chi connectivity index (χ2n) is 6.93. The maximum atomic E-state index is 12.7. The normalized spacial score (nSPS) is 26.4. The lowest BCUT2D eigenvalue weighted by Gasteiger charge is -2.38. The largest absolute Gasteiger partial charge is 0.385 e. The van der Waals surface area contributed by atoms with Gasteiger partial charge in [0, 0.05) is 18.1 Å². The maximum absolute atomic E-state index is 12.7. The summed E-state index contributed by atoms with van der Waals surface area (Å²) in [6.07, 6.45) is 0.451. The van der Waals surface area contributed by atoms with Gasteiger partial charge >= 0.3 is 6.03 Å². The molecule has 2 aliphatic heterocycles. The van der Waals surface area contributed by atoms with E-state index < -0.39 is 38.9 Å². The van der Waals surface area contributed by atoms with Gasteiger partial charge in [0.2, 0.25) is 10.0 Å². The summed E-state index contributed by atoms with van der Waals surface area (Å²) in [6.45, 7) is 1.61. The average Bonchev–Trinajstić information content (AvgIpc) is 2.79. The molecular weight excluding hydrogens is 382 g/mol. The van der Waals surface area contributed by atoms with E-state index in [-0.39, 0.29) is 25.9 Å². The number of hydrogen-bond acceptors (Lipinski definition) is 5. The first-order valence-electron chi connectivity index (χ1n) is 8.14. The van der Waals surface area contributed by atoms with Crippen LogP contribution in [0.3, 0.4) is 0 Å². The molecule has 2 heterocycles. The summed E-state index contributed by atoms with van der Waals surface area (Å²) in [5.74, 6) is -1.20. The van der Waals surface area contributed by atoms with E-state index in [4.69, 9.17) is 11.6 Å². The van der Waals surface area contributed by atoms with Crippen molar-refractivity contribution in [1.82, 2.24) is 14.9 Å². The molecule has 3 amide bonds. The topological polar surface area (TPSA) is 116 Å². The smallest absolute Gasteiger partial charge is 0.322 e. The van der Waals surface area contributed by atoms with Crippen LogP contribution in [0.1, 0.15) is 25.3 Å². The van der Waals surface area contributed by atoms with E-state index in [0.29, 0.717) is 10.6 Å². The standard InChI is InChI=1S/C16H20ClN3O5S/c1-15(13(21)18-14(22)19-15)10-26(24,25)20-8-6-16(23,7-9-20)11-2-4-12(17)5-3-11/h2-5,23H,6-10H2,1H3,(H2,18,19,21,22). The molecule has 0 bridgehead atoms. The lowest BCUT2D eigenvalue weighted by atomic mass is 9.85. The summed E-state index contributed by atoms with van der Waals surface area (Å²) in [4.78, 5) is 23.2. The molecule has 0 aromatic heterocycles. The summed E-state index contributed by atoms with van der Waals surface area (Å²) < 4.78 is 26.6. The molecule has 26 heavy (non-hydrogen) atoms. The summed E-state index contributed by atoms with van der Waals surface area (Å²) >= 11 is 5.86. The van der Waals surface area contributed by atoms with Crippen LogP contribution in [0.5, 0.6) is 0 Å².